The van der Waals surface area contributed by atoms with Gasteiger partial charge in [0, 0.05) is 17.7 Å². The van der Waals surface area contributed by atoms with Gasteiger partial charge in [-0.05, 0) is 42.9 Å². The summed E-state index contributed by atoms with van der Waals surface area (Å²) in [6.07, 6.45) is 5.60. The van der Waals surface area contributed by atoms with Crippen molar-refractivity contribution in [3.05, 3.63) is 70.7 Å². The maximum Gasteiger partial charge on any atom is 0.345 e. The third-order valence-corrected chi connectivity index (χ3v) is 7.37. The molecular weight excluding hydrogens is 416 g/mol. The summed E-state index contributed by atoms with van der Waals surface area (Å²) in [6, 6.07) is 18.2. The van der Waals surface area contributed by atoms with Gasteiger partial charge in [-0.25, -0.2) is 4.79 Å². The van der Waals surface area contributed by atoms with E-state index in [2.05, 4.69) is 23.6 Å². The molecule has 0 bridgehead atoms. The van der Waals surface area contributed by atoms with E-state index in [1.165, 1.54) is 18.1 Å². The fourth-order valence-electron chi connectivity index (χ4n) is 3.94. The van der Waals surface area contributed by atoms with Crippen molar-refractivity contribution in [2.45, 2.75) is 56.6 Å². The van der Waals surface area contributed by atoms with Gasteiger partial charge in [-0.15, -0.1) is 4.59 Å². The lowest BCUT2D eigenvalue weighted by Crippen LogP contribution is -2.75. The average Bonchev–Trinajstić information content (AvgIpc) is 2.74. The Bertz CT molecular complexity index is 861. The molecule has 0 aliphatic carbocycles. The van der Waals surface area contributed by atoms with Crippen LogP contribution in [-0.2, 0) is 21.8 Å². The summed E-state index contributed by atoms with van der Waals surface area (Å²) < 4.78 is 0.0946. The largest absolute Gasteiger partial charge is 0.345 e. The van der Waals surface area contributed by atoms with Crippen molar-refractivity contribution in [2.24, 2.45) is 0 Å². The molecule has 0 aromatic heterocycles. The number of amides is 2. The number of nitrogens with zero attached hydrogens (tertiary/aromatic N) is 1. The van der Waals surface area contributed by atoms with Crippen molar-refractivity contribution < 1.29 is 14.2 Å². The standard InChI is InChI=1S/C24H29ClN2O2S/c1-19(28)26-27(16-10-3-2-7-13-21-14-8-9-15-22(21)25)23(29)17-24(27)30-18-20-11-5-4-6-12-20/h4-6,8-9,11-12,14-15,24H,2-3,7,10,13,16-18H2,1H3/p+1. The molecule has 2 atom stereocenters. The Hall–Kier alpha value is -1.82. The van der Waals surface area contributed by atoms with Crippen LogP contribution in [-0.4, -0.2) is 28.3 Å². The van der Waals surface area contributed by atoms with Crippen LogP contribution in [0.15, 0.2) is 54.6 Å². The molecule has 30 heavy (non-hydrogen) atoms. The minimum Gasteiger partial charge on any atom is -0.270 e. The second-order valence-electron chi connectivity index (χ2n) is 7.87. The second-order valence-corrected chi connectivity index (χ2v) is 9.44. The maximum absolute atomic E-state index is 12.6. The molecule has 3 rings (SSSR count). The van der Waals surface area contributed by atoms with E-state index in [4.69, 9.17) is 11.6 Å². The number of aryl methyl sites for hydroxylation is 1. The molecule has 0 radical (unpaired) electrons. The van der Waals surface area contributed by atoms with Crippen LogP contribution in [0.3, 0.4) is 0 Å². The predicted octanol–water partition coefficient (Wildman–Crippen LogP) is 5.50. The normalized spacial score (nSPS) is 20.6. The summed E-state index contributed by atoms with van der Waals surface area (Å²) in [5.74, 6) is 0.815. The number of likely N-dealkylation sites (tertiary alicyclic amines) is 1. The minimum absolute atomic E-state index is 0.0877. The van der Waals surface area contributed by atoms with Gasteiger partial charge in [0.05, 0.1) is 0 Å². The molecule has 1 fully saturated rings. The Kier molecular flexibility index (Phi) is 8.37. The lowest BCUT2D eigenvalue weighted by molar-refractivity contribution is -0.924. The number of unbranched alkanes of at least 4 members (excludes halogenated alkanes) is 3. The van der Waals surface area contributed by atoms with E-state index in [0.29, 0.717) is 13.0 Å². The maximum atomic E-state index is 12.6. The molecule has 160 valence electrons. The number of carbonyl (C=O) groups is 2. The summed E-state index contributed by atoms with van der Waals surface area (Å²) in [5, 5.41) is 0.918. The van der Waals surface area contributed by atoms with Gasteiger partial charge in [-0.1, -0.05) is 78.3 Å². The fourth-order valence-corrected chi connectivity index (χ4v) is 5.54. The number of benzene rings is 2. The number of rotatable bonds is 11. The molecule has 1 aliphatic rings. The first-order valence-corrected chi connectivity index (χ1v) is 12.0. The van der Waals surface area contributed by atoms with E-state index in [9.17, 15) is 9.59 Å². The van der Waals surface area contributed by atoms with Gasteiger partial charge in [0.25, 0.3) is 5.91 Å². The Labute approximate surface area is 188 Å². The lowest BCUT2D eigenvalue weighted by atomic mass is 10.0. The Morgan fingerprint density at radius 3 is 2.47 bits per heavy atom. The van der Waals surface area contributed by atoms with E-state index in [1.807, 2.05) is 36.4 Å². The molecule has 0 spiro atoms. The lowest BCUT2D eigenvalue weighted by Gasteiger charge is -2.47. The van der Waals surface area contributed by atoms with Crippen LogP contribution in [0.2, 0.25) is 5.02 Å². The van der Waals surface area contributed by atoms with Crippen LogP contribution in [0, 0.1) is 0 Å². The smallest absolute Gasteiger partial charge is 0.270 e. The molecule has 1 saturated heterocycles. The van der Waals surface area contributed by atoms with Gasteiger partial charge >= 0.3 is 5.91 Å². The van der Waals surface area contributed by atoms with Gasteiger partial charge in [0.2, 0.25) is 0 Å². The molecule has 2 aromatic rings. The van der Waals surface area contributed by atoms with E-state index in [-0.39, 0.29) is 21.8 Å². The number of thioether (sulfide) groups is 1. The number of hydrogen-bond acceptors (Lipinski definition) is 3. The van der Waals surface area contributed by atoms with Crippen LogP contribution < -0.4 is 5.43 Å². The van der Waals surface area contributed by atoms with Crippen LogP contribution in [0.5, 0.6) is 0 Å². The highest BCUT2D eigenvalue weighted by Gasteiger charge is 2.57. The minimum atomic E-state index is -0.146. The quantitative estimate of drug-likeness (QED) is 0.282. The average molecular weight is 446 g/mol. The number of quaternary nitrogens is 1. The monoisotopic (exact) mass is 445 g/mol. The fraction of sp³-hybridized carbons (Fsp3) is 0.417. The zero-order valence-corrected chi connectivity index (χ0v) is 19.1. The highest BCUT2D eigenvalue weighted by Crippen LogP contribution is 2.38. The molecule has 6 heteroatoms. The van der Waals surface area contributed by atoms with Crippen LogP contribution in [0.25, 0.3) is 0 Å². The van der Waals surface area contributed by atoms with E-state index in [1.54, 1.807) is 11.8 Å². The Morgan fingerprint density at radius 1 is 1.07 bits per heavy atom. The third-order valence-electron chi connectivity index (χ3n) is 5.59. The number of hydrogen-bond donors (Lipinski definition) is 1. The summed E-state index contributed by atoms with van der Waals surface area (Å²) in [6.45, 7) is 2.16. The molecule has 2 unspecified atom stereocenters. The molecule has 2 amide bonds. The van der Waals surface area contributed by atoms with Crippen molar-refractivity contribution in [1.29, 1.82) is 0 Å². The van der Waals surface area contributed by atoms with Crippen LogP contribution in [0.4, 0.5) is 0 Å². The van der Waals surface area contributed by atoms with Crippen LogP contribution >= 0.6 is 23.4 Å². The zero-order chi connectivity index (χ0) is 21.4. The summed E-state index contributed by atoms with van der Waals surface area (Å²) >= 11 is 7.98. The first kappa shape index (κ1) is 22.9. The molecule has 2 aromatic carbocycles. The topological polar surface area (TPSA) is 46.2 Å². The van der Waals surface area contributed by atoms with E-state index in [0.717, 1.165) is 42.9 Å². The van der Waals surface area contributed by atoms with Crippen molar-refractivity contribution in [3.8, 4) is 0 Å². The van der Waals surface area contributed by atoms with Crippen molar-refractivity contribution >= 4 is 35.2 Å². The molecular formula is C24H30ClN2O2S+. The molecule has 0 saturated carbocycles. The summed E-state index contributed by atoms with van der Waals surface area (Å²) in [5.41, 5.74) is 5.39. The van der Waals surface area contributed by atoms with Crippen LogP contribution in [0.1, 0.15) is 50.2 Å². The number of β-lactam (4-membered cyclic amide) rings is 1. The zero-order valence-electron chi connectivity index (χ0n) is 17.5. The first-order chi connectivity index (χ1) is 14.5. The molecule has 1 aliphatic heterocycles. The number of nitrogens with one attached hydrogen (secondary N) is 1. The summed E-state index contributed by atoms with van der Waals surface area (Å²) in [7, 11) is 0. The van der Waals surface area contributed by atoms with Gasteiger partial charge in [-0.2, -0.15) is 5.43 Å². The highest BCUT2D eigenvalue weighted by atomic mass is 35.5. The molecule has 4 nitrogen and oxygen atoms in total. The van der Waals surface area contributed by atoms with Gasteiger partial charge < -0.3 is 0 Å². The van der Waals surface area contributed by atoms with Gasteiger partial charge in [-0.3, -0.25) is 4.79 Å². The SMILES string of the molecule is CC(=O)N[N+]1(CCCCCCc2ccccc2Cl)C(=O)CC1SCc1ccccc1. The van der Waals surface area contributed by atoms with Crippen molar-refractivity contribution in [2.75, 3.05) is 6.54 Å². The van der Waals surface area contributed by atoms with E-state index < -0.39 is 0 Å². The van der Waals surface area contributed by atoms with Gasteiger partial charge in [0.1, 0.15) is 13.0 Å². The second kappa shape index (κ2) is 11.0. The predicted molar refractivity (Wildman–Crippen MR) is 124 cm³/mol. The summed E-state index contributed by atoms with van der Waals surface area (Å²) in [4.78, 5) is 24.4. The van der Waals surface area contributed by atoms with Crippen molar-refractivity contribution in [1.82, 2.24) is 5.43 Å². The Balaban J connectivity index is 1.48. The van der Waals surface area contributed by atoms with Crippen molar-refractivity contribution in [3.63, 3.8) is 0 Å². The molecule has 1 N–H and O–H groups in total. The molecule has 1 heterocycles. The Morgan fingerprint density at radius 2 is 1.77 bits per heavy atom. The third kappa shape index (κ3) is 5.87. The first-order valence-electron chi connectivity index (χ1n) is 10.6. The highest BCUT2D eigenvalue weighted by molar-refractivity contribution is 7.99. The van der Waals surface area contributed by atoms with E-state index >= 15 is 0 Å². The number of halogens is 1. The number of carbonyl (C=O) groups excluding carboxylic acids is 2. The van der Waals surface area contributed by atoms with Gasteiger partial charge in [0.15, 0.2) is 5.37 Å².